The van der Waals surface area contributed by atoms with Gasteiger partial charge in [-0.15, -0.1) is 0 Å². The largest absolute Gasteiger partial charge is 0.369 e. The van der Waals surface area contributed by atoms with Crippen LogP contribution in [0.5, 0.6) is 0 Å². The molecule has 1 aromatic carbocycles. The minimum Gasteiger partial charge on any atom is -0.369 e. The Balaban J connectivity index is 2.16. The van der Waals surface area contributed by atoms with Crippen LogP contribution in [0.15, 0.2) is 30.5 Å². The van der Waals surface area contributed by atoms with Gasteiger partial charge < -0.3 is 4.90 Å². The third-order valence-corrected chi connectivity index (χ3v) is 4.45. The highest BCUT2D eigenvalue weighted by Gasteiger charge is 2.17. The maximum absolute atomic E-state index is 9.36. The van der Waals surface area contributed by atoms with Gasteiger partial charge in [0.2, 0.25) is 0 Å². The number of hydrogen-bond donors (Lipinski definition) is 0. The normalized spacial score (nSPS) is 16.1. The van der Waals surface area contributed by atoms with Crippen LogP contribution in [-0.4, -0.2) is 29.6 Å². The highest BCUT2D eigenvalue weighted by Crippen LogP contribution is 2.30. The summed E-state index contributed by atoms with van der Waals surface area (Å²) >= 11 is 1.99. The molecule has 0 saturated carbocycles. The van der Waals surface area contributed by atoms with E-state index in [4.69, 9.17) is 0 Å². The number of benzene rings is 1. The van der Waals surface area contributed by atoms with Crippen LogP contribution in [-0.2, 0) is 0 Å². The Kier molecular flexibility index (Phi) is 3.56. The first-order valence-corrected chi connectivity index (χ1v) is 7.66. The molecule has 2 heterocycles. The molecule has 3 nitrogen and oxygen atoms in total. The van der Waals surface area contributed by atoms with Gasteiger partial charge >= 0.3 is 0 Å². The van der Waals surface area contributed by atoms with Crippen LogP contribution in [0.2, 0.25) is 0 Å². The van der Waals surface area contributed by atoms with Crippen LogP contribution >= 0.6 is 11.8 Å². The van der Waals surface area contributed by atoms with Gasteiger partial charge in [0.25, 0.3) is 0 Å². The van der Waals surface area contributed by atoms with E-state index in [-0.39, 0.29) is 0 Å². The highest BCUT2D eigenvalue weighted by atomic mass is 32.2. The van der Waals surface area contributed by atoms with E-state index in [1.807, 2.05) is 30.0 Å². The molecule has 0 bridgehead atoms. The standard InChI is InChI=1S/C15H15N3S/c16-10-12-11-17-14-5-2-1-4-13(14)15(12)18-6-3-8-19-9-7-18/h1-2,4-5,11H,3,6-9H2. The number of fused-ring (bicyclic) bond motifs is 1. The maximum atomic E-state index is 9.36. The molecule has 0 radical (unpaired) electrons. The predicted molar refractivity (Wildman–Crippen MR) is 80.6 cm³/mol. The zero-order valence-corrected chi connectivity index (χ0v) is 11.5. The summed E-state index contributed by atoms with van der Waals surface area (Å²) in [7, 11) is 0. The van der Waals surface area contributed by atoms with E-state index < -0.39 is 0 Å². The smallest absolute Gasteiger partial charge is 0.103 e. The Morgan fingerprint density at radius 3 is 3.00 bits per heavy atom. The molecule has 2 aromatic rings. The predicted octanol–water partition coefficient (Wildman–Crippen LogP) is 3.05. The number of nitrogens with zero attached hydrogens (tertiary/aromatic N) is 3. The lowest BCUT2D eigenvalue weighted by molar-refractivity contribution is 0.817. The van der Waals surface area contributed by atoms with Crippen molar-refractivity contribution >= 4 is 28.4 Å². The molecule has 0 spiro atoms. The van der Waals surface area contributed by atoms with Gasteiger partial charge in [-0.2, -0.15) is 17.0 Å². The molecule has 3 rings (SSSR count). The van der Waals surface area contributed by atoms with E-state index in [1.54, 1.807) is 6.20 Å². The fourth-order valence-electron chi connectivity index (χ4n) is 2.52. The van der Waals surface area contributed by atoms with E-state index in [1.165, 1.54) is 12.2 Å². The van der Waals surface area contributed by atoms with Crippen LogP contribution in [0.4, 0.5) is 5.69 Å². The number of para-hydroxylation sites is 1. The van der Waals surface area contributed by atoms with Gasteiger partial charge in [0.1, 0.15) is 6.07 Å². The van der Waals surface area contributed by atoms with Gasteiger partial charge in [-0.25, -0.2) is 0 Å². The molecule has 1 saturated heterocycles. The zero-order chi connectivity index (χ0) is 13.1. The first-order chi connectivity index (χ1) is 9.40. The molecule has 4 heteroatoms. The summed E-state index contributed by atoms with van der Waals surface area (Å²) in [6.07, 6.45) is 2.88. The molecule has 96 valence electrons. The Labute approximate surface area is 117 Å². The summed E-state index contributed by atoms with van der Waals surface area (Å²) in [5, 5.41) is 10.4. The molecule has 1 aliphatic rings. The van der Waals surface area contributed by atoms with Crippen LogP contribution in [0, 0.1) is 11.3 Å². The monoisotopic (exact) mass is 269 g/mol. The molecule has 1 aliphatic heterocycles. The Bertz CT molecular complexity index is 625. The average Bonchev–Trinajstić information content (AvgIpc) is 2.75. The first-order valence-electron chi connectivity index (χ1n) is 6.50. The summed E-state index contributed by atoms with van der Waals surface area (Å²) in [6, 6.07) is 10.4. The fraction of sp³-hybridized carbons (Fsp3) is 0.333. The number of nitriles is 1. The molecule has 1 aromatic heterocycles. The second-order valence-corrected chi connectivity index (χ2v) is 5.83. The van der Waals surface area contributed by atoms with Crippen LogP contribution in [0.25, 0.3) is 10.9 Å². The van der Waals surface area contributed by atoms with E-state index >= 15 is 0 Å². The summed E-state index contributed by atoms with van der Waals surface area (Å²) in [5.41, 5.74) is 2.72. The molecule has 19 heavy (non-hydrogen) atoms. The van der Waals surface area contributed by atoms with Crippen molar-refractivity contribution in [1.29, 1.82) is 5.26 Å². The van der Waals surface area contributed by atoms with Crippen molar-refractivity contribution in [3.8, 4) is 6.07 Å². The SMILES string of the molecule is N#Cc1cnc2ccccc2c1N1CCCSCC1. The lowest BCUT2D eigenvalue weighted by Gasteiger charge is -2.24. The molecule has 0 unspecified atom stereocenters. The lowest BCUT2D eigenvalue weighted by atomic mass is 10.1. The molecule has 1 fully saturated rings. The number of thioether (sulfide) groups is 1. The van der Waals surface area contributed by atoms with Crippen molar-refractivity contribution in [2.75, 3.05) is 29.5 Å². The average molecular weight is 269 g/mol. The number of anilines is 1. The number of rotatable bonds is 1. The van der Waals surface area contributed by atoms with E-state index in [0.29, 0.717) is 5.56 Å². The van der Waals surface area contributed by atoms with Gasteiger partial charge in [0, 0.05) is 30.4 Å². The maximum Gasteiger partial charge on any atom is 0.103 e. The summed E-state index contributed by atoms with van der Waals surface area (Å²) in [5.74, 6) is 2.34. The Morgan fingerprint density at radius 2 is 2.11 bits per heavy atom. The lowest BCUT2D eigenvalue weighted by Crippen LogP contribution is -2.26. The number of pyridine rings is 1. The molecule has 0 N–H and O–H groups in total. The minimum atomic E-state index is 0.686. The third-order valence-electron chi connectivity index (χ3n) is 3.41. The quantitative estimate of drug-likeness (QED) is 0.797. The molecule has 0 amide bonds. The van der Waals surface area contributed by atoms with Gasteiger partial charge in [0.15, 0.2) is 0 Å². The fourth-order valence-corrected chi connectivity index (χ4v) is 3.41. The molecular formula is C15H15N3S. The van der Waals surface area contributed by atoms with Gasteiger partial charge in [-0.05, 0) is 18.2 Å². The third kappa shape index (κ3) is 2.39. The van der Waals surface area contributed by atoms with E-state index in [0.717, 1.165) is 35.4 Å². The highest BCUT2D eigenvalue weighted by molar-refractivity contribution is 7.99. The second-order valence-electron chi connectivity index (χ2n) is 4.60. The zero-order valence-electron chi connectivity index (χ0n) is 10.7. The van der Waals surface area contributed by atoms with Crippen molar-refractivity contribution in [2.45, 2.75) is 6.42 Å². The Morgan fingerprint density at radius 1 is 1.21 bits per heavy atom. The molecular weight excluding hydrogens is 254 g/mol. The summed E-state index contributed by atoms with van der Waals surface area (Å²) in [4.78, 5) is 6.73. The topological polar surface area (TPSA) is 39.9 Å². The van der Waals surface area contributed by atoms with Gasteiger partial charge in [-0.1, -0.05) is 18.2 Å². The van der Waals surface area contributed by atoms with Crippen molar-refractivity contribution < 1.29 is 0 Å². The minimum absolute atomic E-state index is 0.686. The summed E-state index contributed by atoms with van der Waals surface area (Å²) < 4.78 is 0. The van der Waals surface area contributed by atoms with Crippen LogP contribution in [0.3, 0.4) is 0 Å². The van der Waals surface area contributed by atoms with E-state index in [2.05, 4.69) is 22.0 Å². The van der Waals surface area contributed by atoms with Crippen LogP contribution in [0.1, 0.15) is 12.0 Å². The Hall–Kier alpha value is -1.73. The van der Waals surface area contributed by atoms with Crippen molar-refractivity contribution in [1.82, 2.24) is 4.98 Å². The molecule has 0 aliphatic carbocycles. The second kappa shape index (κ2) is 5.50. The van der Waals surface area contributed by atoms with Crippen molar-refractivity contribution in [2.24, 2.45) is 0 Å². The number of hydrogen-bond acceptors (Lipinski definition) is 4. The summed E-state index contributed by atoms with van der Waals surface area (Å²) in [6.45, 7) is 2.03. The molecule has 0 atom stereocenters. The van der Waals surface area contributed by atoms with Gasteiger partial charge in [-0.3, -0.25) is 4.98 Å². The first kappa shape index (κ1) is 12.3. The van der Waals surface area contributed by atoms with Gasteiger partial charge in [0.05, 0.1) is 16.8 Å². The van der Waals surface area contributed by atoms with Crippen molar-refractivity contribution in [3.63, 3.8) is 0 Å². The van der Waals surface area contributed by atoms with Crippen LogP contribution < -0.4 is 4.90 Å². The number of aromatic nitrogens is 1. The van der Waals surface area contributed by atoms with E-state index in [9.17, 15) is 5.26 Å². The van der Waals surface area contributed by atoms with Crippen molar-refractivity contribution in [3.05, 3.63) is 36.0 Å².